The van der Waals surface area contributed by atoms with Crippen LogP contribution in [0, 0.1) is 0 Å². The van der Waals surface area contributed by atoms with Crippen molar-refractivity contribution in [1.29, 1.82) is 0 Å². The highest BCUT2D eigenvalue weighted by atomic mass is 31.2. The molecule has 0 spiro atoms. The van der Waals surface area contributed by atoms with Crippen molar-refractivity contribution < 1.29 is 47.8 Å². The number of ether oxygens (including phenoxy) is 2. The van der Waals surface area contributed by atoms with Gasteiger partial charge in [0.25, 0.3) is 0 Å². The van der Waals surface area contributed by atoms with Crippen LogP contribution >= 0.6 is 7.82 Å². The van der Waals surface area contributed by atoms with E-state index in [0.717, 1.165) is 57.8 Å². The summed E-state index contributed by atoms with van der Waals surface area (Å²) in [5.74, 6) is -0.951. The van der Waals surface area contributed by atoms with Crippen LogP contribution in [-0.2, 0) is 32.7 Å². The number of allylic oxidation sites excluding steroid dienone is 6. The monoisotopic (exact) mass is 857 g/mol. The number of carbonyl (C=O) groups excluding carboxylic acids is 2. The summed E-state index contributed by atoms with van der Waals surface area (Å²) in [6, 6.07) is 0. The summed E-state index contributed by atoms with van der Waals surface area (Å²) in [4.78, 5) is 35.0. The smallest absolute Gasteiger partial charge is 0.462 e. The van der Waals surface area contributed by atoms with E-state index in [2.05, 4.69) is 50.3 Å². The lowest BCUT2D eigenvalue weighted by Crippen LogP contribution is -2.29. The Kier molecular flexibility index (Phi) is 42.9. The largest absolute Gasteiger partial charge is 0.472 e. The number of rotatable bonds is 45. The van der Waals surface area contributed by atoms with Crippen molar-refractivity contribution in [1.82, 2.24) is 0 Å². The van der Waals surface area contributed by atoms with E-state index in [0.29, 0.717) is 12.8 Å². The molecule has 59 heavy (non-hydrogen) atoms. The molecular weight excluding hydrogens is 767 g/mol. The molecule has 0 heterocycles. The number of hydrogen-bond donors (Lipinski definition) is 3. The van der Waals surface area contributed by atoms with Crippen LogP contribution in [0.15, 0.2) is 36.5 Å². The molecule has 0 aliphatic rings. The second-order valence-electron chi connectivity index (χ2n) is 16.1. The Morgan fingerprint density at radius 1 is 0.525 bits per heavy atom. The van der Waals surface area contributed by atoms with Gasteiger partial charge in [-0.05, 0) is 44.9 Å². The third-order valence-corrected chi connectivity index (χ3v) is 11.3. The van der Waals surface area contributed by atoms with Crippen LogP contribution in [0.5, 0.6) is 0 Å². The third-order valence-electron chi connectivity index (χ3n) is 10.3. The lowest BCUT2D eigenvalue weighted by molar-refractivity contribution is -0.161. The van der Waals surface area contributed by atoms with Gasteiger partial charge in [0.2, 0.25) is 0 Å². The first-order valence-corrected chi connectivity index (χ1v) is 25.4. The summed E-state index contributed by atoms with van der Waals surface area (Å²) in [5, 5.41) is 18.3. The fourth-order valence-corrected chi connectivity index (χ4v) is 7.45. The maximum atomic E-state index is 12.6. The number of hydrogen-bond acceptors (Lipinski definition) is 9. The molecule has 11 heteroatoms. The molecule has 3 unspecified atom stereocenters. The number of unbranched alkanes of at least 4 members (excludes halogenated alkanes) is 25. The lowest BCUT2D eigenvalue weighted by Gasteiger charge is -2.20. The average molecular weight is 857 g/mol. The van der Waals surface area contributed by atoms with E-state index in [1.807, 2.05) is 0 Å². The molecule has 0 bridgehead atoms. The lowest BCUT2D eigenvalue weighted by atomic mass is 10.0. The van der Waals surface area contributed by atoms with Crippen LogP contribution in [0.25, 0.3) is 0 Å². The van der Waals surface area contributed by atoms with Crippen LogP contribution < -0.4 is 0 Å². The maximum absolute atomic E-state index is 12.6. The number of carbonyl (C=O) groups is 2. The first-order chi connectivity index (χ1) is 28.7. The van der Waals surface area contributed by atoms with Crippen LogP contribution in [0.1, 0.15) is 219 Å². The molecule has 346 valence electrons. The van der Waals surface area contributed by atoms with E-state index < -0.39 is 51.8 Å². The SMILES string of the molecule is CC/C=C\C/C=C\C/C=C\CCCCCC(=O)OC(COC(=O)CCCCCCCCCCCCCCCCCCCCCCCCC)COP(=O)(O)OCC(O)CO. The van der Waals surface area contributed by atoms with E-state index in [-0.39, 0.29) is 19.4 Å². The Labute approximate surface area is 361 Å². The summed E-state index contributed by atoms with van der Waals surface area (Å²) in [6.07, 6.45) is 47.0. The van der Waals surface area contributed by atoms with Gasteiger partial charge in [-0.1, -0.05) is 198 Å². The predicted molar refractivity (Wildman–Crippen MR) is 242 cm³/mol. The molecule has 0 aliphatic heterocycles. The normalized spacial score (nSPS) is 14.1. The molecule has 0 rings (SSSR count). The standard InChI is InChI=1S/C48H89O10P/c1-3-5-7-9-11-13-15-17-18-19-20-21-22-23-24-25-26-28-29-31-33-35-37-39-47(51)55-43-46(44-57-59(53,54)56-42-45(50)41-49)58-48(52)40-38-36-34-32-30-27-16-14-12-10-8-6-4-2/h6,8,12,14,27,30,45-46,49-50H,3-5,7,9-11,13,15-26,28-29,31-44H2,1-2H3,(H,53,54)/b8-6-,14-12-,30-27-. The fourth-order valence-electron chi connectivity index (χ4n) is 6.66. The highest BCUT2D eigenvalue weighted by molar-refractivity contribution is 7.47. The van der Waals surface area contributed by atoms with E-state index in [4.69, 9.17) is 23.6 Å². The minimum atomic E-state index is -4.62. The molecular formula is C48H89O10P. The highest BCUT2D eigenvalue weighted by Crippen LogP contribution is 2.43. The molecule has 3 N–H and O–H groups in total. The summed E-state index contributed by atoms with van der Waals surface area (Å²) in [5.41, 5.74) is 0. The van der Waals surface area contributed by atoms with E-state index >= 15 is 0 Å². The number of aliphatic hydroxyl groups excluding tert-OH is 2. The second kappa shape index (κ2) is 44.3. The molecule has 0 amide bonds. The van der Waals surface area contributed by atoms with Crippen LogP contribution in [0.3, 0.4) is 0 Å². The number of phosphoric ester groups is 1. The van der Waals surface area contributed by atoms with Crippen molar-refractivity contribution in [3.8, 4) is 0 Å². The molecule has 0 aromatic carbocycles. The van der Waals surface area contributed by atoms with Gasteiger partial charge in [-0.15, -0.1) is 0 Å². The molecule has 0 radical (unpaired) electrons. The van der Waals surface area contributed by atoms with Crippen LogP contribution in [0.4, 0.5) is 0 Å². The summed E-state index contributed by atoms with van der Waals surface area (Å²) in [7, 11) is -4.62. The number of esters is 2. The van der Waals surface area contributed by atoms with Gasteiger partial charge in [0, 0.05) is 12.8 Å². The number of aliphatic hydroxyl groups is 2. The minimum Gasteiger partial charge on any atom is -0.462 e. The van der Waals surface area contributed by atoms with E-state index in [9.17, 15) is 24.2 Å². The van der Waals surface area contributed by atoms with Gasteiger partial charge in [-0.3, -0.25) is 18.6 Å². The zero-order valence-corrected chi connectivity index (χ0v) is 38.6. The second-order valence-corrected chi connectivity index (χ2v) is 17.6. The minimum absolute atomic E-state index is 0.150. The summed E-state index contributed by atoms with van der Waals surface area (Å²) in [6.45, 7) is 2.26. The average Bonchev–Trinajstić information content (AvgIpc) is 3.22. The zero-order valence-electron chi connectivity index (χ0n) is 37.7. The van der Waals surface area contributed by atoms with Gasteiger partial charge < -0.3 is 24.6 Å². The highest BCUT2D eigenvalue weighted by Gasteiger charge is 2.27. The third kappa shape index (κ3) is 44.1. The number of phosphoric acid groups is 1. The topological polar surface area (TPSA) is 149 Å². The molecule has 10 nitrogen and oxygen atoms in total. The molecule has 0 aromatic rings. The first kappa shape index (κ1) is 57.2. The van der Waals surface area contributed by atoms with Gasteiger partial charge >= 0.3 is 19.8 Å². The molecule has 0 aromatic heterocycles. The van der Waals surface area contributed by atoms with Crippen molar-refractivity contribution in [3.05, 3.63) is 36.5 Å². The van der Waals surface area contributed by atoms with Crippen LogP contribution in [0.2, 0.25) is 0 Å². The van der Waals surface area contributed by atoms with Gasteiger partial charge in [-0.2, -0.15) is 0 Å². The summed E-state index contributed by atoms with van der Waals surface area (Å²) < 4.78 is 32.7. The molecule has 0 aliphatic carbocycles. The molecule has 0 saturated heterocycles. The Bertz CT molecular complexity index is 1080. The zero-order chi connectivity index (χ0) is 43.3. The van der Waals surface area contributed by atoms with Crippen molar-refractivity contribution in [2.75, 3.05) is 26.4 Å². The van der Waals surface area contributed by atoms with Gasteiger partial charge in [0.05, 0.1) is 19.8 Å². The quantitative estimate of drug-likeness (QED) is 0.0234. The Morgan fingerprint density at radius 3 is 1.41 bits per heavy atom. The van der Waals surface area contributed by atoms with Crippen molar-refractivity contribution >= 4 is 19.8 Å². The Balaban J connectivity index is 4.13. The summed E-state index contributed by atoms with van der Waals surface area (Å²) >= 11 is 0. The molecule has 0 fully saturated rings. The molecule has 0 saturated carbocycles. The molecule has 3 atom stereocenters. The Morgan fingerprint density at radius 2 is 0.932 bits per heavy atom. The van der Waals surface area contributed by atoms with Gasteiger partial charge in [0.1, 0.15) is 12.7 Å². The van der Waals surface area contributed by atoms with Crippen molar-refractivity contribution in [2.24, 2.45) is 0 Å². The van der Waals surface area contributed by atoms with Crippen LogP contribution in [-0.4, -0.2) is 65.7 Å². The van der Waals surface area contributed by atoms with E-state index in [1.54, 1.807) is 0 Å². The van der Waals surface area contributed by atoms with Gasteiger partial charge in [0.15, 0.2) is 6.10 Å². The fraction of sp³-hybridized carbons (Fsp3) is 0.833. The van der Waals surface area contributed by atoms with Crippen molar-refractivity contribution in [3.63, 3.8) is 0 Å². The maximum Gasteiger partial charge on any atom is 0.472 e. The first-order valence-electron chi connectivity index (χ1n) is 23.9. The van der Waals surface area contributed by atoms with Gasteiger partial charge in [-0.25, -0.2) is 4.57 Å². The van der Waals surface area contributed by atoms with E-state index in [1.165, 1.54) is 122 Å². The van der Waals surface area contributed by atoms with Crippen molar-refractivity contribution in [2.45, 2.75) is 232 Å². The Hall–Kier alpha value is -1.81. The predicted octanol–water partition coefficient (Wildman–Crippen LogP) is 13.1.